The van der Waals surface area contributed by atoms with Crippen molar-refractivity contribution in [1.82, 2.24) is 23.4 Å². The van der Waals surface area contributed by atoms with E-state index in [0.717, 1.165) is 31.7 Å². The number of likely N-dealkylation sites (tertiary alicyclic amines) is 2. The van der Waals surface area contributed by atoms with Gasteiger partial charge in [-0.05, 0) is 77.5 Å². The molecular formula is C33H46F3N5O8S2. The number of hydrogen-bond donors (Lipinski definition) is 0. The van der Waals surface area contributed by atoms with Gasteiger partial charge < -0.3 is 19.3 Å². The molecule has 0 N–H and O–H groups in total. The summed E-state index contributed by atoms with van der Waals surface area (Å²) in [4.78, 5) is 31.3. The Labute approximate surface area is 297 Å². The number of benzene rings is 1. The average Bonchev–Trinajstić information content (AvgIpc) is 3.89. The third kappa shape index (κ3) is 9.24. The van der Waals surface area contributed by atoms with Crippen molar-refractivity contribution in [3.05, 3.63) is 36.0 Å². The maximum atomic E-state index is 13.2. The van der Waals surface area contributed by atoms with Gasteiger partial charge in [-0.15, -0.1) is 0 Å². The highest BCUT2D eigenvalue weighted by Gasteiger charge is 2.41. The molecule has 0 bridgehead atoms. The zero-order valence-electron chi connectivity index (χ0n) is 29.1. The molecule has 13 nitrogen and oxygen atoms in total. The number of amides is 2. The summed E-state index contributed by atoms with van der Waals surface area (Å²) in [6.07, 6.45) is 0.630. The number of fused-ring (bicyclic) bond motifs is 1. The lowest BCUT2D eigenvalue weighted by atomic mass is 10.1. The first-order chi connectivity index (χ1) is 23.9. The highest BCUT2D eigenvalue weighted by atomic mass is 32.2. The van der Waals surface area contributed by atoms with Gasteiger partial charge in [-0.3, -0.25) is 9.78 Å². The molecule has 2 aromatic rings. The molecule has 4 aliphatic rings. The predicted octanol–water partition coefficient (Wildman–Crippen LogP) is 4.08. The van der Waals surface area contributed by atoms with Crippen molar-refractivity contribution in [3.8, 4) is 5.75 Å². The molecule has 2 atom stereocenters. The topological polar surface area (TPSA) is 147 Å². The number of carbonyl (C=O) groups is 2. The van der Waals surface area contributed by atoms with Crippen molar-refractivity contribution in [2.45, 2.75) is 81.6 Å². The monoisotopic (exact) mass is 761 g/mol. The Kier molecular flexibility index (Phi) is 11.8. The van der Waals surface area contributed by atoms with Crippen molar-refractivity contribution in [1.29, 1.82) is 0 Å². The van der Waals surface area contributed by atoms with Crippen LogP contribution >= 0.6 is 0 Å². The van der Waals surface area contributed by atoms with Crippen LogP contribution in [0.1, 0.15) is 64.9 Å². The molecule has 5 heterocycles. The van der Waals surface area contributed by atoms with E-state index in [1.165, 1.54) is 38.5 Å². The summed E-state index contributed by atoms with van der Waals surface area (Å²) in [6, 6.07) is 5.05. The number of sulfonamides is 2. The molecule has 0 aliphatic carbocycles. The Hall–Kier alpha value is -3.22. The molecule has 4 aliphatic heterocycles. The van der Waals surface area contributed by atoms with Gasteiger partial charge in [0.2, 0.25) is 20.0 Å². The van der Waals surface area contributed by atoms with E-state index in [4.69, 9.17) is 9.47 Å². The van der Waals surface area contributed by atoms with Crippen LogP contribution in [-0.2, 0) is 35.8 Å². The van der Waals surface area contributed by atoms with Gasteiger partial charge in [0, 0.05) is 63.9 Å². The first-order valence-corrected chi connectivity index (χ1v) is 20.2. The minimum absolute atomic E-state index is 0.0936. The predicted molar refractivity (Wildman–Crippen MR) is 183 cm³/mol. The van der Waals surface area contributed by atoms with Crippen molar-refractivity contribution in [2.24, 2.45) is 0 Å². The highest BCUT2D eigenvalue weighted by Crippen LogP contribution is 2.36. The molecule has 4 saturated heterocycles. The summed E-state index contributed by atoms with van der Waals surface area (Å²) in [5, 5.41) is -0.959. The fourth-order valence-corrected chi connectivity index (χ4v) is 10.6. The third-order valence-electron chi connectivity index (χ3n) is 9.37. The fraction of sp³-hybridized carbons (Fsp3) is 0.667. The molecule has 0 radical (unpaired) electrons. The lowest BCUT2D eigenvalue weighted by Crippen LogP contribution is -2.40. The maximum absolute atomic E-state index is 13.2. The second kappa shape index (κ2) is 15.4. The molecule has 18 heteroatoms. The second-order valence-electron chi connectivity index (χ2n) is 14.2. The Morgan fingerprint density at radius 2 is 1.33 bits per heavy atom. The molecule has 1 aromatic heterocycles. The number of rotatable bonds is 7. The number of hydrogen-bond acceptors (Lipinski definition) is 9. The van der Waals surface area contributed by atoms with Gasteiger partial charge in [0.1, 0.15) is 11.4 Å². The van der Waals surface area contributed by atoms with E-state index in [0.29, 0.717) is 52.1 Å². The SMILES string of the molecule is CC(C)(C)OC(=O)N1CCC(S(=O)(=O)N2CCCC2)C1.O=C(COc1ccnc2c(C(F)(F)F)cccc12)N1CCC(S(=O)(=O)N2CCCC2)C1. The summed E-state index contributed by atoms with van der Waals surface area (Å²) >= 11 is 0. The van der Waals surface area contributed by atoms with Crippen molar-refractivity contribution in [2.75, 3.05) is 59.0 Å². The Morgan fingerprint density at radius 3 is 1.86 bits per heavy atom. The third-order valence-corrected chi connectivity index (χ3v) is 14.0. The van der Waals surface area contributed by atoms with E-state index in [1.54, 1.807) is 25.1 Å². The van der Waals surface area contributed by atoms with Crippen molar-refractivity contribution < 1.29 is 49.1 Å². The number of pyridine rings is 1. The molecule has 2 amide bonds. The smallest absolute Gasteiger partial charge is 0.418 e. The number of para-hydroxylation sites is 1. The van der Waals surface area contributed by atoms with E-state index >= 15 is 0 Å². The largest absolute Gasteiger partial charge is 0.483 e. The second-order valence-corrected chi connectivity index (χ2v) is 18.6. The van der Waals surface area contributed by atoms with Gasteiger partial charge in [0.15, 0.2) is 6.61 Å². The van der Waals surface area contributed by atoms with Gasteiger partial charge >= 0.3 is 12.3 Å². The number of carbonyl (C=O) groups excluding carboxylic acids is 2. The van der Waals surface area contributed by atoms with Gasteiger partial charge in [0.25, 0.3) is 5.91 Å². The summed E-state index contributed by atoms with van der Waals surface area (Å²) in [7, 11) is -6.70. The van der Waals surface area contributed by atoms with Gasteiger partial charge in [0.05, 0.1) is 21.6 Å². The first-order valence-electron chi connectivity index (χ1n) is 17.2. The molecule has 6 rings (SSSR count). The van der Waals surface area contributed by atoms with E-state index in [-0.39, 0.29) is 29.7 Å². The normalized spacial score (nSPS) is 22.3. The fourth-order valence-electron chi connectivity index (χ4n) is 6.70. The standard InChI is InChI=1S/C20H22F3N3O4S.C13H24N2O4S/c21-20(22,23)16-5-3-4-15-17(6-8-24-19(15)16)30-13-18(27)25-11-7-14(12-25)31(28,29)26-9-1-2-10-26;1-13(2,3)19-12(16)14-9-6-11(10-14)20(17,18)15-7-4-5-8-15/h3-6,8,14H,1-2,7,9-13H2;11H,4-10H2,1-3H3. The summed E-state index contributed by atoms with van der Waals surface area (Å²) in [5.41, 5.74) is -1.68. The van der Waals surface area contributed by atoms with Crippen LogP contribution in [0.4, 0.5) is 18.0 Å². The minimum Gasteiger partial charge on any atom is -0.483 e. The summed E-state index contributed by atoms with van der Waals surface area (Å²) in [5.74, 6) is -0.291. The molecule has 284 valence electrons. The maximum Gasteiger partial charge on any atom is 0.418 e. The number of aromatic nitrogens is 1. The zero-order valence-corrected chi connectivity index (χ0v) is 30.7. The van der Waals surface area contributed by atoms with E-state index < -0.39 is 66.5 Å². The van der Waals surface area contributed by atoms with Crippen LogP contribution in [0.2, 0.25) is 0 Å². The van der Waals surface area contributed by atoms with Crippen molar-refractivity contribution >= 4 is 42.9 Å². The molecular weight excluding hydrogens is 716 g/mol. The Bertz CT molecular complexity index is 1790. The van der Waals surface area contributed by atoms with Crippen LogP contribution in [0.15, 0.2) is 30.5 Å². The number of ether oxygens (including phenoxy) is 2. The van der Waals surface area contributed by atoms with Crippen LogP contribution in [0.25, 0.3) is 10.9 Å². The lowest BCUT2D eigenvalue weighted by Gasteiger charge is -2.25. The van der Waals surface area contributed by atoms with Crippen LogP contribution in [0.5, 0.6) is 5.75 Å². The Morgan fingerprint density at radius 1 is 0.804 bits per heavy atom. The number of halogens is 3. The average molecular weight is 762 g/mol. The summed E-state index contributed by atoms with van der Waals surface area (Å²) < 4.78 is 104. The number of alkyl halides is 3. The van der Waals surface area contributed by atoms with E-state index in [2.05, 4.69) is 4.98 Å². The minimum atomic E-state index is -4.56. The molecule has 2 unspecified atom stereocenters. The van der Waals surface area contributed by atoms with Gasteiger partial charge in [-0.25, -0.2) is 30.2 Å². The molecule has 1 aromatic carbocycles. The molecule has 51 heavy (non-hydrogen) atoms. The molecule has 4 fully saturated rings. The van der Waals surface area contributed by atoms with Crippen LogP contribution in [0, 0.1) is 0 Å². The van der Waals surface area contributed by atoms with E-state index in [9.17, 15) is 39.6 Å². The first kappa shape index (κ1) is 39.0. The van der Waals surface area contributed by atoms with Gasteiger partial charge in [-0.1, -0.05) is 6.07 Å². The van der Waals surface area contributed by atoms with E-state index in [1.807, 2.05) is 0 Å². The summed E-state index contributed by atoms with van der Waals surface area (Å²) in [6.45, 7) is 8.38. The Balaban J connectivity index is 0.000000218. The molecule has 0 saturated carbocycles. The highest BCUT2D eigenvalue weighted by molar-refractivity contribution is 7.90. The zero-order chi connectivity index (χ0) is 37.2. The van der Waals surface area contributed by atoms with Crippen molar-refractivity contribution in [3.63, 3.8) is 0 Å². The molecule has 0 spiro atoms. The van der Waals surface area contributed by atoms with Gasteiger partial charge in [-0.2, -0.15) is 13.2 Å². The van der Waals surface area contributed by atoms with Crippen LogP contribution in [-0.4, -0.2) is 127 Å². The van der Waals surface area contributed by atoms with Crippen LogP contribution in [0.3, 0.4) is 0 Å². The lowest BCUT2D eigenvalue weighted by molar-refractivity contribution is -0.136. The van der Waals surface area contributed by atoms with Crippen LogP contribution < -0.4 is 4.74 Å². The quantitative estimate of drug-likeness (QED) is 0.408. The number of nitrogens with zero attached hydrogens (tertiary/aromatic N) is 5.